The van der Waals surface area contributed by atoms with Gasteiger partial charge in [0.25, 0.3) is 0 Å². The van der Waals surface area contributed by atoms with Gasteiger partial charge >= 0.3 is 0 Å². The summed E-state index contributed by atoms with van der Waals surface area (Å²) in [5.41, 5.74) is 3.32. The zero-order chi connectivity index (χ0) is 17.7. The summed E-state index contributed by atoms with van der Waals surface area (Å²) >= 11 is 0. The molecule has 2 fully saturated rings. The number of imidazole rings is 1. The molecule has 0 spiro atoms. The van der Waals surface area contributed by atoms with E-state index in [1.54, 1.807) is 6.26 Å². The highest BCUT2D eigenvalue weighted by Crippen LogP contribution is 2.49. The molecule has 1 amide bonds. The molecule has 1 aliphatic heterocycles. The number of carbonyl (C=O) groups is 1. The number of piperidine rings is 1. The predicted molar refractivity (Wildman–Crippen MR) is 98.9 cm³/mol. The standard InChI is InChI=1S/C21H23N3O2/c1-13-6-7-17-18(10-13)23-20(22-17)14-4-2-8-24(12-14)21(25)16-11-15(16)19-5-3-9-26-19/h3,5-7,9-10,14-16H,2,4,8,11-12H2,1H3,(H,22,23)/t14-,15+,16-/m1/s1. The average Bonchev–Trinajstić information content (AvgIpc) is 3.07. The van der Waals surface area contributed by atoms with E-state index >= 15 is 0 Å². The zero-order valence-corrected chi connectivity index (χ0v) is 14.9. The van der Waals surface area contributed by atoms with Crippen molar-refractivity contribution in [2.45, 2.75) is 38.0 Å². The van der Waals surface area contributed by atoms with Crippen molar-refractivity contribution in [3.05, 3.63) is 53.7 Å². The summed E-state index contributed by atoms with van der Waals surface area (Å²) < 4.78 is 5.47. The monoisotopic (exact) mass is 349 g/mol. The van der Waals surface area contributed by atoms with Gasteiger partial charge in [-0.25, -0.2) is 4.98 Å². The SMILES string of the molecule is Cc1ccc2nc([C@@H]3CCCN(C(=O)[C@@H]4C[C@@H]4c4ccco4)C3)[nH]c2c1. The van der Waals surface area contributed by atoms with Crippen molar-refractivity contribution in [3.63, 3.8) is 0 Å². The fourth-order valence-electron chi connectivity index (χ4n) is 4.26. The molecule has 1 saturated carbocycles. The van der Waals surface area contributed by atoms with Gasteiger partial charge in [0, 0.05) is 30.8 Å². The summed E-state index contributed by atoms with van der Waals surface area (Å²) in [5, 5.41) is 0. The lowest BCUT2D eigenvalue weighted by Gasteiger charge is -2.32. The fourth-order valence-corrected chi connectivity index (χ4v) is 4.26. The number of carbonyl (C=O) groups excluding carboxylic acids is 1. The second kappa shape index (κ2) is 6.01. The molecule has 5 heteroatoms. The van der Waals surface area contributed by atoms with Gasteiger partial charge in [0.2, 0.25) is 5.91 Å². The molecule has 2 aliphatic rings. The molecular weight excluding hydrogens is 326 g/mol. The summed E-state index contributed by atoms with van der Waals surface area (Å²) in [5.74, 6) is 2.90. The van der Waals surface area contributed by atoms with Crippen LogP contribution in [-0.4, -0.2) is 33.9 Å². The molecule has 5 rings (SSSR count). The largest absolute Gasteiger partial charge is 0.469 e. The van der Waals surface area contributed by atoms with Crippen molar-refractivity contribution in [1.82, 2.24) is 14.9 Å². The number of likely N-dealkylation sites (tertiary alicyclic amines) is 1. The predicted octanol–water partition coefficient (Wildman–Crippen LogP) is 3.97. The Hall–Kier alpha value is -2.56. The lowest BCUT2D eigenvalue weighted by Crippen LogP contribution is -2.40. The molecule has 1 aromatic carbocycles. The first-order valence-corrected chi connectivity index (χ1v) is 9.47. The van der Waals surface area contributed by atoms with E-state index in [2.05, 4.69) is 30.1 Å². The van der Waals surface area contributed by atoms with Crippen molar-refractivity contribution >= 4 is 16.9 Å². The summed E-state index contributed by atoms with van der Waals surface area (Å²) in [6.07, 6.45) is 4.71. The van der Waals surface area contributed by atoms with Crippen LogP contribution in [0, 0.1) is 12.8 Å². The Balaban J connectivity index is 1.31. The lowest BCUT2D eigenvalue weighted by molar-refractivity contribution is -0.134. The van der Waals surface area contributed by atoms with Gasteiger partial charge in [-0.1, -0.05) is 6.07 Å². The molecule has 5 nitrogen and oxygen atoms in total. The smallest absolute Gasteiger partial charge is 0.226 e. The van der Waals surface area contributed by atoms with Gasteiger partial charge in [0.1, 0.15) is 11.6 Å². The number of rotatable bonds is 3. The van der Waals surface area contributed by atoms with Gasteiger partial charge in [-0.15, -0.1) is 0 Å². The Labute approximate surface area is 152 Å². The highest BCUT2D eigenvalue weighted by atomic mass is 16.3. The van der Waals surface area contributed by atoms with E-state index < -0.39 is 0 Å². The third-order valence-corrected chi connectivity index (χ3v) is 5.79. The molecule has 134 valence electrons. The van der Waals surface area contributed by atoms with Crippen LogP contribution in [0.4, 0.5) is 0 Å². The van der Waals surface area contributed by atoms with E-state index in [0.717, 1.165) is 55.0 Å². The fraction of sp³-hybridized carbons (Fsp3) is 0.429. The maximum absolute atomic E-state index is 12.9. The Morgan fingerprint density at radius 2 is 2.27 bits per heavy atom. The number of nitrogens with zero attached hydrogens (tertiary/aromatic N) is 2. The minimum Gasteiger partial charge on any atom is -0.469 e. The topological polar surface area (TPSA) is 62.1 Å². The number of aryl methyl sites for hydroxylation is 1. The van der Waals surface area contributed by atoms with Gasteiger partial charge in [-0.2, -0.15) is 0 Å². The average molecular weight is 349 g/mol. The second-order valence-corrected chi connectivity index (χ2v) is 7.73. The van der Waals surface area contributed by atoms with Gasteiger partial charge in [0.15, 0.2) is 0 Å². The van der Waals surface area contributed by atoms with Crippen LogP contribution in [0.1, 0.15) is 48.2 Å². The molecule has 0 radical (unpaired) electrons. The van der Waals surface area contributed by atoms with Crippen LogP contribution in [0.5, 0.6) is 0 Å². The van der Waals surface area contributed by atoms with E-state index in [-0.39, 0.29) is 17.7 Å². The molecule has 3 aromatic rings. The van der Waals surface area contributed by atoms with Gasteiger partial charge in [0.05, 0.1) is 17.3 Å². The quantitative estimate of drug-likeness (QED) is 0.778. The summed E-state index contributed by atoms with van der Waals surface area (Å²) in [6, 6.07) is 10.2. The number of aromatic amines is 1. The minimum absolute atomic E-state index is 0.0956. The second-order valence-electron chi connectivity index (χ2n) is 7.73. The first-order valence-electron chi connectivity index (χ1n) is 9.47. The Bertz CT molecular complexity index is 943. The van der Waals surface area contributed by atoms with Crippen molar-refractivity contribution in [3.8, 4) is 0 Å². The number of hydrogen-bond donors (Lipinski definition) is 1. The highest BCUT2D eigenvalue weighted by molar-refractivity contribution is 5.83. The molecule has 3 atom stereocenters. The number of H-pyrrole nitrogens is 1. The van der Waals surface area contributed by atoms with E-state index in [4.69, 9.17) is 9.40 Å². The number of aromatic nitrogens is 2. The highest BCUT2D eigenvalue weighted by Gasteiger charge is 2.48. The van der Waals surface area contributed by atoms with Crippen molar-refractivity contribution in [2.75, 3.05) is 13.1 Å². The van der Waals surface area contributed by atoms with Crippen molar-refractivity contribution in [1.29, 1.82) is 0 Å². The van der Waals surface area contributed by atoms with Gasteiger partial charge in [-0.3, -0.25) is 4.79 Å². The minimum atomic E-state index is 0.0956. The third kappa shape index (κ3) is 2.71. The van der Waals surface area contributed by atoms with Gasteiger partial charge in [-0.05, 0) is 56.0 Å². The molecule has 0 unspecified atom stereocenters. The molecule has 2 aromatic heterocycles. The summed E-state index contributed by atoms with van der Waals surface area (Å²) in [4.78, 5) is 23.2. The van der Waals surface area contributed by atoms with Crippen LogP contribution in [-0.2, 0) is 4.79 Å². The number of hydrogen-bond acceptors (Lipinski definition) is 3. The van der Waals surface area contributed by atoms with E-state index in [1.807, 2.05) is 17.0 Å². The number of fused-ring (bicyclic) bond motifs is 1. The molecule has 3 heterocycles. The molecule has 0 bridgehead atoms. The molecule has 1 aliphatic carbocycles. The Kier molecular flexibility index (Phi) is 3.62. The molecule has 1 saturated heterocycles. The molecule has 1 N–H and O–H groups in total. The normalized spacial score (nSPS) is 25.6. The van der Waals surface area contributed by atoms with Gasteiger partial charge < -0.3 is 14.3 Å². The number of benzene rings is 1. The lowest BCUT2D eigenvalue weighted by atomic mass is 9.97. The zero-order valence-electron chi connectivity index (χ0n) is 14.9. The molecular formula is C21H23N3O2. The molecule has 26 heavy (non-hydrogen) atoms. The number of amides is 1. The number of nitrogens with one attached hydrogen (secondary N) is 1. The maximum Gasteiger partial charge on any atom is 0.226 e. The van der Waals surface area contributed by atoms with Crippen molar-refractivity contribution < 1.29 is 9.21 Å². The Morgan fingerprint density at radius 3 is 3.12 bits per heavy atom. The Morgan fingerprint density at radius 1 is 1.35 bits per heavy atom. The van der Waals surface area contributed by atoms with Crippen LogP contribution in [0.25, 0.3) is 11.0 Å². The van der Waals surface area contributed by atoms with E-state index in [9.17, 15) is 4.79 Å². The van der Waals surface area contributed by atoms with Crippen LogP contribution in [0.2, 0.25) is 0 Å². The summed E-state index contributed by atoms with van der Waals surface area (Å²) in [6.45, 7) is 3.71. The van der Waals surface area contributed by atoms with Crippen LogP contribution in [0.3, 0.4) is 0 Å². The first kappa shape index (κ1) is 15.7. The first-order chi connectivity index (χ1) is 12.7. The summed E-state index contributed by atoms with van der Waals surface area (Å²) in [7, 11) is 0. The third-order valence-electron chi connectivity index (χ3n) is 5.79. The van der Waals surface area contributed by atoms with Crippen LogP contribution >= 0.6 is 0 Å². The van der Waals surface area contributed by atoms with Crippen molar-refractivity contribution in [2.24, 2.45) is 5.92 Å². The van der Waals surface area contributed by atoms with Crippen LogP contribution in [0.15, 0.2) is 41.0 Å². The number of furan rings is 1. The van der Waals surface area contributed by atoms with E-state index in [1.165, 1.54) is 5.56 Å². The van der Waals surface area contributed by atoms with E-state index in [0.29, 0.717) is 5.92 Å². The maximum atomic E-state index is 12.9. The van der Waals surface area contributed by atoms with Crippen LogP contribution < -0.4 is 0 Å².